The molecule has 0 radical (unpaired) electrons. The van der Waals surface area contributed by atoms with Crippen LogP contribution >= 0.6 is 23.2 Å². The first-order valence-corrected chi connectivity index (χ1v) is 10.3. The van der Waals surface area contributed by atoms with Crippen molar-refractivity contribution in [2.24, 2.45) is 0 Å². The molecule has 0 saturated carbocycles. The van der Waals surface area contributed by atoms with Gasteiger partial charge in [-0.25, -0.2) is 4.68 Å². The van der Waals surface area contributed by atoms with Crippen molar-refractivity contribution in [3.63, 3.8) is 0 Å². The summed E-state index contributed by atoms with van der Waals surface area (Å²) in [5, 5.41) is 7.86. The number of benzene rings is 2. The lowest BCUT2D eigenvalue weighted by Crippen LogP contribution is -2.34. The minimum absolute atomic E-state index is 0.184. The Bertz CT molecular complexity index is 1170. The minimum Gasteiger partial charge on any atom is -0.493 e. The van der Waals surface area contributed by atoms with Gasteiger partial charge in [0.1, 0.15) is 5.75 Å². The SMILES string of the molecule is COc1ccc(-c2ccc(=O)n(CCNC(=O)COc3cc(Cl)ccc3Cl)n2)cc1OC. The van der Waals surface area contributed by atoms with Gasteiger partial charge in [0, 0.05) is 29.3 Å². The van der Waals surface area contributed by atoms with E-state index < -0.39 is 0 Å². The highest BCUT2D eigenvalue weighted by Gasteiger charge is 2.10. The second-order valence-corrected chi connectivity index (χ2v) is 7.41. The van der Waals surface area contributed by atoms with E-state index in [1.54, 1.807) is 44.6 Å². The molecule has 32 heavy (non-hydrogen) atoms. The summed E-state index contributed by atoms with van der Waals surface area (Å²) >= 11 is 11.9. The van der Waals surface area contributed by atoms with Crippen LogP contribution in [0.4, 0.5) is 0 Å². The maximum absolute atomic E-state index is 12.2. The molecule has 1 N–H and O–H groups in total. The Balaban J connectivity index is 1.60. The number of amides is 1. The minimum atomic E-state index is -0.370. The third kappa shape index (κ3) is 5.93. The van der Waals surface area contributed by atoms with Gasteiger partial charge in [0.25, 0.3) is 11.5 Å². The Morgan fingerprint density at radius 3 is 2.53 bits per heavy atom. The van der Waals surface area contributed by atoms with Crippen LogP contribution < -0.4 is 25.1 Å². The van der Waals surface area contributed by atoms with Crippen molar-refractivity contribution in [2.75, 3.05) is 27.4 Å². The number of rotatable bonds is 9. The van der Waals surface area contributed by atoms with Gasteiger partial charge in [-0.1, -0.05) is 23.2 Å². The summed E-state index contributed by atoms with van der Waals surface area (Å²) in [6.45, 7) is 0.130. The van der Waals surface area contributed by atoms with Crippen LogP contribution in [0.1, 0.15) is 0 Å². The highest BCUT2D eigenvalue weighted by molar-refractivity contribution is 6.34. The fourth-order valence-corrected chi connectivity index (χ4v) is 3.18. The molecule has 168 valence electrons. The lowest BCUT2D eigenvalue weighted by Gasteiger charge is -2.11. The van der Waals surface area contributed by atoms with Crippen molar-refractivity contribution in [1.82, 2.24) is 15.1 Å². The molecule has 0 aliphatic heterocycles. The van der Waals surface area contributed by atoms with Crippen molar-refractivity contribution in [2.45, 2.75) is 6.54 Å². The summed E-state index contributed by atoms with van der Waals surface area (Å²) < 4.78 is 17.2. The van der Waals surface area contributed by atoms with Gasteiger partial charge in [0.15, 0.2) is 18.1 Å². The molecular weight excluding hydrogens is 457 g/mol. The molecule has 0 aliphatic carbocycles. The van der Waals surface area contributed by atoms with Crippen LogP contribution in [-0.2, 0) is 11.3 Å². The smallest absolute Gasteiger partial charge is 0.266 e. The summed E-state index contributed by atoms with van der Waals surface area (Å²) in [7, 11) is 3.10. The van der Waals surface area contributed by atoms with Crippen molar-refractivity contribution in [3.05, 3.63) is 68.9 Å². The standard InChI is InChI=1S/C22H21Cl2N3O5/c1-30-18-7-3-14(11-20(18)31-2)17-6-8-22(29)27(26-17)10-9-25-21(28)13-32-19-12-15(23)4-5-16(19)24/h3-8,11-12H,9-10,13H2,1-2H3,(H,25,28). The number of aromatic nitrogens is 2. The van der Waals surface area contributed by atoms with Gasteiger partial charge in [-0.15, -0.1) is 0 Å². The van der Waals surface area contributed by atoms with E-state index in [4.69, 9.17) is 37.4 Å². The van der Waals surface area contributed by atoms with E-state index in [0.717, 1.165) is 5.56 Å². The Labute approximate surface area is 194 Å². The van der Waals surface area contributed by atoms with E-state index in [1.165, 1.54) is 16.8 Å². The van der Waals surface area contributed by atoms with Crippen LogP contribution in [0.15, 0.2) is 53.3 Å². The van der Waals surface area contributed by atoms with E-state index in [2.05, 4.69) is 10.4 Å². The van der Waals surface area contributed by atoms with E-state index >= 15 is 0 Å². The summed E-state index contributed by atoms with van der Waals surface area (Å²) in [6.07, 6.45) is 0. The zero-order chi connectivity index (χ0) is 23.1. The molecule has 3 aromatic rings. The van der Waals surface area contributed by atoms with Gasteiger partial charge in [-0.05, 0) is 36.4 Å². The second-order valence-electron chi connectivity index (χ2n) is 6.56. The van der Waals surface area contributed by atoms with E-state index in [9.17, 15) is 9.59 Å². The van der Waals surface area contributed by atoms with Crippen LogP contribution in [0.25, 0.3) is 11.3 Å². The number of halogens is 2. The predicted molar refractivity (Wildman–Crippen MR) is 122 cm³/mol. The Kier molecular flexibility index (Phi) is 7.97. The summed E-state index contributed by atoms with van der Waals surface area (Å²) in [4.78, 5) is 24.2. The molecule has 0 fully saturated rings. The molecule has 2 aromatic carbocycles. The molecule has 1 amide bonds. The van der Waals surface area contributed by atoms with Crippen LogP contribution in [0, 0.1) is 0 Å². The summed E-state index contributed by atoms with van der Waals surface area (Å²) in [5.41, 5.74) is 1.05. The molecule has 0 atom stereocenters. The molecule has 0 aliphatic rings. The van der Waals surface area contributed by atoms with Gasteiger partial charge in [0.2, 0.25) is 0 Å². The third-order valence-corrected chi connectivity index (χ3v) is 4.99. The summed E-state index contributed by atoms with van der Waals surface area (Å²) in [6, 6.07) is 13.1. The first kappa shape index (κ1) is 23.4. The fourth-order valence-electron chi connectivity index (χ4n) is 2.84. The zero-order valence-corrected chi connectivity index (χ0v) is 18.9. The highest BCUT2D eigenvalue weighted by atomic mass is 35.5. The quantitative estimate of drug-likeness (QED) is 0.507. The molecule has 1 heterocycles. The van der Waals surface area contributed by atoms with E-state index in [1.807, 2.05) is 6.07 Å². The summed E-state index contributed by atoms with van der Waals surface area (Å²) in [5.74, 6) is 1.09. The lowest BCUT2D eigenvalue weighted by molar-refractivity contribution is -0.123. The maximum Gasteiger partial charge on any atom is 0.266 e. The Morgan fingerprint density at radius 1 is 1.00 bits per heavy atom. The topological polar surface area (TPSA) is 91.7 Å². The van der Waals surface area contributed by atoms with Gasteiger partial charge in [-0.3, -0.25) is 9.59 Å². The number of ether oxygens (including phenoxy) is 3. The van der Waals surface area contributed by atoms with Crippen LogP contribution in [0.5, 0.6) is 17.2 Å². The number of hydrogen-bond acceptors (Lipinski definition) is 6. The first-order chi connectivity index (χ1) is 15.4. The molecule has 1 aromatic heterocycles. The monoisotopic (exact) mass is 477 g/mol. The van der Waals surface area contributed by atoms with Crippen molar-refractivity contribution in [3.8, 4) is 28.5 Å². The molecule has 0 unspecified atom stereocenters. The van der Waals surface area contributed by atoms with Gasteiger partial charge in [-0.2, -0.15) is 5.10 Å². The molecule has 0 bridgehead atoms. The van der Waals surface area contributed by atoms with E-state index in [0.29, 0.717) is 33.0 Å². The number of hydrogen-bond donors (Lipinski definition) is 1. The van der Waals surface area contributed by atoms with Gasteiger partial charge < -0.3 is 19.5 Å². The normalized spacial score (nSPS) is 10.5. The number of nitrogens with one attached hydrogen (secondary N) is 1. The highest BCUT2D eigenvalue weighted by Crippen LogP contribution is 2.31. The molecule has 0 spiro atoms. The number of methoxy groups -OCH3 is 2. The number of carbonyl (C=O) groups is 1. The van der Waals surface area contributed by atoms with Gasteiger partial charge >= 0.3 is 0 Å². The lowest BCUT2D eigenvalue weighted by atomic mass is 10.1. The largest absolute Gasteiger partial charge is 0.493 e. The van der Waals surface area contributed by atoms with Crippen LogP contribution in [0.3, 0.4) is 0 Å². The molecule has 3 rings (SSSR count). The van der Waals surface area contributed by atoms with Crippen molar-refractivity contribution in [1.29, 1.82) is 0 Å². The molecule has 10 heteroatoms. The van der Waals surface area contributed by atoms with Crippen LogP contribution in [0.2, 0.25) is 10.0 Å². The molecule has 8 nitrogen and oxygen atoms in total. The molecule has 0 saturated heterocycles. The second kappa shape index (κ2) is 10.9. The molecular formula is C22H21Cl2N3O5. The predicted octanol–water partition coefficient (Wildman–Crippen LogP) is 3.43. The van der Waals surface area contributed by atoms with Crippen LogP contribution in [-0.4, -0.2) is 43.1 Å². The average Bonchev–Trinajstić information content (AvgIpc) is 2.80. The number of nitrogens with zero attached hydrogens (tertiary/aromatic N) is 2. The number of carbonyl (C=O) groups excluding carboxylic acids is 1. The Hall–Kier alpha value is -3.23. The third-order valence-electron chi connectivity index (χ3n) is 4.44. The zero-order valence-electron chi connectivity index (χ0n) is 17.4. The van der Waals surface area contributed by atoms with Gasteiger partial charge in [0.05, 0.1) is 31.5 Å². The van der Waals surface area contributed by atoms with Crippen molar-refractivity contribution < 1.29 is 19.0 Å². The first-order valence-electron chi connectivity index (χ1n) is 9.56. The Morgan fingerprint density at radius 2 is 1.78 bits per heavy atom. The van der Waals surface area contributed by atoms with Crippen molar-refractivity contribution >= 4 is 29.1 Å². The average molecular weight is 478 g/mol. The fraction of sp³-hybridized carbons (Fsp3) is 0.227. The van der Waals surface area contributed by atoms with E-state index in [-0.39, 0.29) is 31.2 Å². The maximum atomic E-state index is 12.2.